The van der Waals surface area contributed by atoms with Crippen LogP contribution >= 0.6 is 11.3 Å². The minimum Gasteiger partial charge on any atom is -0.465 e. The van der Waals surface area contributed by atoms with Gasteiger partial charge in [-0.15, -0.1) is 11.3 Å². The Morgan fingerprint density at radius 3 is 2.69 bits per heavy atom. The Bertz CT molecular complexity index is 914. The second kappa shape index (κ2) is 8.17. The first kappa shape index (κ1) is 17.5. The monoisotopic (exact) mass is 369 g/mol. The van der Waals surface area contributed by atoms with Crippen LogP contribution in [-0.4, -0.2) is 33.9 Å². The number of esters is 1. The van der Waals surface area contributed by atoms with Crippen LogP contribution in [0.25, 0.3) is 0 Å². The van der Waals surface area contributed by atoms with E-state index >= 15 is 0 Å². The van der Waals surface area contributed by atoms with Crippen molar-refractivity contribution in [2.45, 2.75) is 6.42 Å². The molecule has 0 aliphatic carbocycles. The molecule has 0 aliphatic heterocycles. The molecule has 0 saturated carbocycles. The van der Waals surface area contributed by atoms with E-state index in [9.17, 15) is 9.59 Å². The molecule has 2 N–H and O–H groups in total. The smallest absolute Gasteiger partial charge is 0.339 e. The Hall–Kier alpha value is -3.33. The van der Waals surface area contributed by atoms with Crippen molar-refractivity contribution >= 4 is 40.0 Å². The predicted octanol–water partition coefficient (Wildman–Crippen LogP) is 2.64. The highest BCUT2D eigenvalue weighted by Crippen LogP contribution is 2.20. The number of anilines is 3. The minimum atomic E-state index is -0.510. The molecular formula is C17H15N5O3S. The molecule has 0 aliphatic rings. The lowest BCUT2D eigenvalue weighted by atomic mass is 10.1. The van der Waals surface area contributed by atoms with Gasteiger partial charge in [0.05, 0.1) is 30.5 Å². The molecule has 26 heavy (non-hydrogen) atoms. The lowest BCUT2D eigenvalue weighted by Crippen LogP contribution is -2.17. The van der Waals surface area contributed by atoms with Crippen molar-refractivity contribution in [1.82, 2.24) is 15.0 Å². The molecule has 3 rings (SSSR count). The zero-order valence-corrected chi connectivity index (χ0v) is 14.6. The maximum Gasteiger partial charge on any atom is 0.339 e. The molecule has 0 spiro atoms. The average Bonchev–Trinajstić information content (AvgIpc) is 3.09. The third-order valence-corrected chi connectivity index (χ3v) is 4.09. The Balaban J connectivity index is 1.63. The number of thiazole rings is 1. The maximum absolute atomic E-state index is 12.3. The fourth-order valence-corrected chi connectivity index (χ4v) is 2.85. The lowest BCUT2D eigenvalue weighted by molar-refractivity contribution is -0.115. The molecule has 0 unspecified atom stereocenters. The van der Waals surface area contributed by atoms with Gasteiger partial charge in [0.25, 0.3) is 0 Å². The number of aromatic nitrogens is 3. The van der Waals surface area contributed by atoms with Crippen molar-refractivity contribution < 1.29 is 14.3 Å². The van der Waals surface area contributed by atoms with Gasteiger partial charge >= 0.3 is 5.97 Å². The van der Waals surface area contributed by atoms with Gasteiger partial charge in [0.15, 0.2) is 5.13 Å². The minimum absolute atomic E-state index is 0.0728. The molecular weight excluding hydrogens is 354 g/mol. The van der Waals surface area contributed by atoms with Gasteiger partial charge in [0.2, 0.25) is 11.9 Å². The summed E-state index contributed by atoms with van der Waals surface area (Å²) in [7, 11) is 1.29. The van der Waals surface area contributed by atoms with E-state index in [1.54, 1.807) is 48.1 Å². The molecule has 9 heteroatoms. The number of amides is 1. The van der Waals surface area contributed by atoms with Gasteiger partial charge in [-0.3, -0.25) is 4.79 Å². The fraction of sp³-hybridized carbons (Fsp3) is 0.118. The highest BCUT2D eigenvalue weighted by atomic mass is 32.1. The second-order valence-corrected chi connectivity index (χ2v) is 5.96. The number of para-hydroxylation sites is 1. The number of nitrogens with one attached hydrogen (secondary N) is 2. The van der Waals surface area contributed by atoms with Crippen molar-refractivity contribution in [3.05, 3.63) is 59.4 Å². The quantitative estimate of drug-likeness (QED) is 0.643. The largest absolute Gasteiger partial charge is 0.465 e. The third kappa shape index (κ3) is 4.39. The van der Waals surface area contributed by atoms with E-state index < -0.39 is 5.97 Å². The highest BCUT2D eigenvalue weighted by Gasteiger charge is 2.14. The molecule has 132 valence electrons. The Morgan fingerprint density at radius 2 is 1.92 bits per heavy atom. The highest BCUT2D eigenvalue weighted by molar-refractivity contribution is 7.13. The van der Waals surface area contributed by atoms with Crippen LogP contribution in [0.1, 0.15) is 16.1 Å². The standard InChI is InChI=1S/C17H15N5O3S/c1-25-15(24)12-5-2-3-6-13(12)21-14(23)9-11-10-26-17(20-11)22-16-18-7-4-8-19-16/h2-8,10H,9H2,1H3,(H,21,23)(H,18,19,20,22). The van der Waals surface area contributed by atoms with Gasteiger partial charge in [-0.2, -0.15) is 0 Å². The maximum atomic E-state index is 12.3. The summed E-state index contributed by atoms with van der Waals surface area (Å²) in [5, 5.41) is 8.05. The summed E-state index contributed by atoms with van der Waals surface area (Å²) < 4.78 is 4.72. The van der Waals surface area contributed by atoms with E-state index in [4.69, 9.17) is 4.74 Å². The molecule has 1 amide bonds. The molecule has 8 nitrogen and oxygen atoms in total. The zero-order chi connectivity index (χ0) is 18.4. The summed E-state index contributed by atoms with van der Waals surface area (Å²) in [5.41, 5.74) is 1.29. The molecule has 0 radical (unpaired) electrons. The van der Waals surface area contributed by atoms with Crippen LogP contribution < -0.4 is 10.6 Å². The number of hydrogen-bond acceptors (Lipinski definition) is 8. The molecule has 1 aromatic carbocycles. The van der Waals surface area contributed by atoms with E-state index in [-0.39, 0.29) is 12.3 Å². The van der Waals surface area contributed by atoms with Crippen molar-refractivity contribution in [2.75, 3.05) is 17.7 Å². The van der Waals surface area contributed by atoms with E-state index in [1.165, 1.54) is 18.4 Å². The summed E-state index contributed by atoms with van der Waals surface area (Å²) in [4.78, 5) is 36.5. The van der Waals surface area contributed by atoms with Gasteiger partial charge in [0.1, 0.15) is 0 Å². The molecule has 2 heterocycles. The number of benzene rings is 1. The number of methoxy groups -OCH3 is 1. The van der Waals surface area contributed by atoms with E-state index in [0.29, 0.717) is 28.0 Å². The van der Waals surface area contributed by atoms with Crippen LogP contribution in [0.2, 0.25) is 0 Å². The van der Waals surface area contributed by atoms with Gasteiger partial charge in [0, 0.05) is 17.8 Å². The van der Waals surface area contributed by atoms with Crippen LogP contribution in [0.3, 0.4) is 0 Å². The first-order chi connectivity index (χ1) is 12.7. The molecule has 0 bridgehead atoms. The summed E-state index contributed by atoms with van der Waals surface area (Å²) in [6.45, 7) is 0. The SMILES string of the molecule is COC(=O)c1ccccc1NC(=O)Cc1csc(Nc2ncccn2)n1. The zero-order valence-electron chi connectivity index (χ0n) is 13.8. The topological polar surface area (TPSA) is 106 Å². The van der Waals surface area contributed by atoms with Crippen molar-refractivity contribution in [3.63, 3.8) is 0 Å². The third-order valence-electron chi connectivity index (χ3n) is 3.28. The van der Waals surface area contributed by atoms with Crippen LogP contribution in [0.4, 0.5) is 16.8 Å². The van der Waals surface area contributed by atoms with Crippen LogP contribution in [-0.2, 0) is 16.0 Å². The summed E-state index contributed by atoms with van der Waals surface area (Å²) in [6.07, 6.45) is 3.31. The molecule has 3 aromatic rings. The molecule has 0 saturated heterocycles. The van der Waals surface area contributed by atoms with E-state index in [0.717, 1.165) is 0 Å². The van der Waals surface area contributed by atoms with Crippen LogP contribution in [0, 0.1) is 0 Å². The summed E-state index contributed by atoms with van der Waals surface area (Å²) in [5.74, 6) is -0.358. The van der Waals surface area contributed by atoms with Gasteiger partial charge < -0.3 is 15.4 Å². The number of carbonyl (C=O) groups excluding carboxylic acids is 2. The van der Waals surface area contributed by atoms with E-state index in [2.05, 4.69) is 25.6 Å². The number of nitrogens with zero attached hydrogens (tertiary/aromatic N) is 3. The predicted molar refractivity (Wildman–Crippen MR) is 97.5 cm³/mol. The summed E-state index contributed by atoms with van der Waals surface area (Å²) >= 11 is 1.35. The van der Waals surface area contributed by atoms with Crippen molar-refractivity contribution in [1.29, 1.82) is 0 Å². The lowest BCUT2D eigenvalue weighted by Gasteiger charge is -2.08. The number of carbonyl (C=O) groups is 2. The van der Waals surface area contributed by atoms with Gasteiger partial charge in [-0.05, 0) is 18.2 Å². The molecule has 2 aromatic heterocycles. The van der Waals surface area contributed by atoms with Gasteiger partial charge in [-0.25, -0.2) is 19.7 Å². The average molecular weight is 369 g/mol. The second-order valence-electron chi connectivity index (χ2n) is 5.10. The van der Waals surface area contributed by atoms with Crippen molar-refractivity contribution in [3.8, 4) is 0 Å². The molecule has 0 atom stereocenters. The van der Waals surface area contributed by atoms with Crippen LogP contribution in [0.5, 0.6) is 0 Å². The number of ether oxygens (including phenoxy) is 1. The van der Waals surface area contributed by atoms with Crippen LogP contribution in [0.15, 0.2) is 48.1 Å². The van der Waals surface area contributed by atoms with Gasteiger partial charge in [-0.1, -0.05) is 12.1 Å². The summed E-state index contributed by atoms with van der Waals surface area (Å²) in [6, 6.07) is 8.38. The first-order valence-corrected chi connectivity index (χ1v) is 8.49. The fourth-order valence-electron chi connectivity index (χ4n) is 2.14. The molecule has 0 fully saturated rings. The van der Waals surface area contributed by atoms with E-state index in [1.807, 2.05) is 0 Å². The Kier molecular flexibility index (Phi) is 5.49. The Morgan fingerprint density at radius 1 is 1.15 bits per heavy atom. The normalized spacial score (nSPS) is 10.2. The number of hydrogen-bond donors (Lipinski definition) is 2. The first-order valence-electron chi connectivity index (χ1n) is 7.61. The van der Waals surface area contributed by atoms with Crippen molar-refractivity contribution in [2.24, 2.45) is 0 Å². The Labute approximate surface area is 153 Å². The number of rotatable bonds is 6.